The van der Waals surface area contributed by atoms with Gasteiger partial charge in [-0.1, -0.05) is 97.1 Å². The molecule has 43 heavy (non-hydrogen) atoms. The Kier molecular flexibility index (Phi) is 5.20. The van der Waals surface area contributed by atoms with Crippen LogP contribution in [0.1, 0.15) is 0 Å². The highest BCUT2D eigenvalue weighted by Crippen LogP contribution is 2.37. The van der Waals surface area contributed by atoms with Crippen LogP contribution in [0.3, 0.4) is 0 Å². The second-order valence-corrected chi connectivity index (χ2v) is 11.2. The smallest absolute Gasteiger partial charge is 0.0561 e. The zero-order valence-corrected chi connectivity index (χ0v) is 23.4. The van der Waals surface area contributed by atoms with E-state index in [4.69, 9.17) is 0 Å². The van der Waals surface area contributed by atoms with Crippen molar-refractivity contribution < 1.29 is 0 Å². The lowest BCUT2D eigenvalue weighted by Gasteiger charge is -2.12. The number of hydrogen-bond donors (Lipinski definition) is 1. The monoisotopic (exact) mass is 549 g/mol. The summed E-state index contributed by atoms with van der Waals surface area (Å²) < 4.78 is 4.75. The molecule has 202 valence electrons. The molecule has 0 fully saturated rings. The summed E-state index contributed by atoms with van der Waals surface area (Å²) in [5.74, 6) is 0. The van der Waals surface area contributed by atoms with Gasteiger partial charge in [0.2, 0.25) is 0 Å². The maximum absolute atomic E-state index is 3.74. The number of fused-ring (bicyclic) bond motifs is 7. The van der Waals surface area contributed by atoms with Crippen molar-refractivity contribution in [1.82, 2.24) is 9.13 Å². The Labute approximate surface area is 248 Å². The highest BCUT2D eigenvalue weighted by atomic mass is 15.0. The van der Waals surface area contributed by atoms with Crippen LogP contribution in [0.2, 0.25) is 0 Å². The van der Waals surface area contributed by atoms with E-state index in [9.17, 15) is 0 Å². The molecule has 9 rings (SSSR count). The molecule has 0 aliphatic rings. The molecule has 9 aromatic rings. The normalized spacial score (nSPS) is 11.7. The highest BCUT2D eigenvalue weighted by Gasteiger charge is 2.15. The minimum absolute atomic E-state index is 1.05. The lowest BCUT2D eigenvalue weighted by Crippen LogP contribution is -1.96. The minimum atomic E-state index is 1.05. The molecule has 0 bridgehead atoms. The fourth-order valence-electron chi connectivity index (χ4n) is 6.71. The molecule has 0 saturated carbocycles. The second kappa shape index (κ2) is 9.37. The van der Waals surface area contributed by atoms with Crippen molar-refractivity contribution in [3.8, 4) is 11.4 Å². The molecule has 0 spiro atoms. The number of anilines is 2. The minimum Gasteiger partial charge on any atom is -0.355 e. The SMILES string of the molecule is c1ccc(-n2c3ccccc3c3ccc(Nc4ccc5c6ccccc6n(-c6ccc7ccccc7c6)c5c4)cc32)cc1. The summed E-state index contributed by atoms with van der Waals surface area (Å²) in [6.07, 6.45) is 0. The van der Waals surface area contributed by atoms with Gasteiger partial charge in [0.25, 0.3) is 0 Å². The topological polar surface area (TPSA) is 21.9 Å². The molecule has 2 aromatic heterocycles. The van der Waals surface area contributed by atoms with E-state index in [0.717, 1.165) is 22.7 Å². The number of benzene rings is 7. The zero-order chi connectivity index (χ0) is 28.3. The van der Waals surface area contributed by atoms with Crippen molar-refractivity contribution in [2.45, 2.75) is 0 Å². The maximum atomic E-state index is 3.74. The van der Waals surface area contributed by atoms with Crippen molar-refractivity contribution in [3.63, 3.8) is 0 Å². The average molecular weight is 550 g/mol. The third kappa shape index (κ3) is 3.75. The van der Waals surface area contributed by atoms with Crippen molar-refractivity contribution in [2.75, 3.05) is 5.32 Å². The summed E-state index contributed by atoms with van der Waals surface area (Å²) in [6.45, 7) is 0. The first-order valence-corrected chi connectivity index (χ1v) is 14.7. The van der Waals surface area contributed by atoms with E-state index in [0.29, 0.717) is 0 Å². The van der Waals surface area contributed by atoms with Crippen LogP contribution in [0, 0.1) is 0 Å². The summed E-state index contributed by atoms with van der Waals surface area (Å²) in [4.78, 5) is 0. The van der Waals surface area contributed by atoms with Crippen LogP contribution in [0.4, 0.5) is 11.4 Å². The largest absolute Gasteiger partial charge is 0.355 e. The third-order valence-electron chi connectivity index (χ3n) is 8.64. The van der Waals surface area contributed by atoms with Crippen LogP contribution in [-0.4, -0.2) is 9.13 Å². The van der Waals surface area contributed by atoms with Gasteiger partial charge in [-0.3, -0.25) is 0 Å². The van der Waals surface area contributed by atoms with Crippen LogP contribution >= 0.6 is 0 Å². The molecule has 0 radical (unpaired) electrons. The third-order valence-corrected chi connectivity index (χ3v) is 8.64. The molecule has 0 unspecified atom stereocenters. The van der Waals surface area contributed by atoms with Crippen molar-refractivity contribution in [2.24, 2.45) is 0 Å². The van der Waals surface area contributed by atoms with E-state index >= 15 is 0 Å². The Hall–Kier alpha value is -5.80. The molecular weight excluding hydrogens is 522 g/mol. The Morgan fingerprint density at radius 1 is 0.326 bits per heavy atom. The van der Waals surface area contributed by atoms with Gasteiger partial charge in [-0.05, 0) is 71.4 Å². The first-order valence-electron chi connectivity index (χ1n) is 14.7. The maximum Gasteiger partial charge on any atom is 0.0561 e. The molecule has 0 saturated heterocycles. The van der Waals surface area contributed by atoms with Crippen LogP contribution in [0.25, 0.3) is 65.8 Å². The lowest BCUT2D eigenvalue weighted by molar-refractivity contribution is 1.18. The summed E-state index contributed by atoms with van der Waals surface area (Å²) in [5.41, 5.74) is 9.22. The number of hydrogen-bond acceptors (Lipinski definition) is 1. The molecule has 1 N–H and O–H groups in total. The fourth-order valence-corrected chi connectivity index (χ4v) is 6.71. The Bertz CT molecular complexity index is 2480. The molecule has 0 aliphatic carbocycles. The molecule has 7 aromatic carbocycles. The first-order chi connectivity index (χ1) is 21.3. The van der Waals surface area contributed by atoms with E-state index < -0.39 is 0 Å². The summed E-state index contributed by atoms with van der Waals surface area (Å²) in [5, 5.41) is 11.2. The molecule has 0 atom stereocenters. The summed E-state index contributed by atoms with van der Waals surface area (Å²) in [7, 11) is 0. The second-order valence-electron chi connectivity index (χ2n) is 11.2. The van der Waals surface area contributed by atoms with E-state index in [1.165, 1.54) is 54.4 Å². The number of para-hydroxylation sites is 3. The van der Waals surface area contributed by atoms with Crippen molar-refractivity contribution in [3.05, 3.63) is 158 Å². The van der Waals surface area contributed by atoms with Crippen molar-refractivity contribution in [1.29, 1.82) is 0 Å². The predicted octanol–water partition coefficient (Wildman–Crippen LogP) is 10.8. The summed E-state index contributed by atoms with van der Waals surface area (Å²) >= 11 is 0. The summed E-state index contributed by atoms with van der Waals surface area (Å²) in [6, 6.07) is 56.6. The fraction of sp³-hybridized carbons (Fsp3) is 0. The quantitative estimate of drug-likeness (QED) is 0.232. The van der Waals surface area contributed by atoms with Gasteiger partial charge in [0.15, 0.2) is 0 Å². The number of nitrogens with one attached hydrogen (secondary N) is 1. The standard InChI is InChI=1S/C40H27N3/c1-2-12-31(13-3-1)42-37-16-8-6-14-33(37)35-22-19-29(25-39(35)42)41-30-20-23-36-34-15-7-9-17-38(34)43(40(36)26-30)32-21-18-27-10-4-5-11-28(27)24-32/h1-26,41H. The van der Waals surface area contributed by atoms with Gasteiger partial charge >= 0.3 is 0 Å². The van der Waals surface area contributed by atoms with Crippen LogP contribution in [0.5, 0.6) is 0 Å². The van der Waals surface area contributed by atoms with Crippen LogP contribution in [0.15, 0.2) is 158 Å². The number of nitrogens with zero attached hydrogens (tertiary/aromatic N) is 2. The zero-order valence-electron chi connectivity index (χ0n) is 23.4. The highest BCUT2D eigenvalue weighted by molar-refractivity contribution is 6.11. The Balaban J connectivity index is 1.20. The van der Waals surface area contributed by atoms with E-state index in [-0.39, 0.29) is 0 Å². The molecule has 2 heterocycles. The predicted molar refractivity (Wildman–Crippen MR) is 182 cm³/mol. The first kappa shape index (κ1) is 23.9. The van der Waals surface area contributed by atoms with Crippen LogP contribution in [-0.2, 0) is 0 Å². The van der Waals surface area contributed by atoms with Gasteiger partial charge < -0.3 is 14.5 Å². The molecular formula is C40H27N3. The van der Waals surface area contributed by atoms with Gasteiger partial charge in [0.05, 0.1) is 22.1 Å². The molecule has 0 amide bonds. The lowest BCUT2D eigenvalue weighted by atomic mass is 10.1. The van der Waals surface area contributed by atoms with Crippen LogP contribution < -0.4 is 5.32 Å². The van der Waals surface area contributed by atoms with Gasteiger partial charge in [-0.15, -0.1) is 0 Å². The Morgan fingerprint density at radius 3 is 1.49 bits per heavy atom. The van der Waals surface area contributed by atoms with Gasteiger partial charge in [0.1, 0.15) is 0 Å². The van der Waals surface area contributed by atoms with Gasteiger partial charge in [-0.25, -0.2) is 0 Å². The molecule has 3 heteroatoms. The molecule has 0 aliphatic heterocycles. The Morgan fingerprint density at radius 2 is 0.837 bits per heavy atom. The molecule has 3 nitrogen and oxygen atoms in total. The number of rotatable bonds is 4. The van der Waals surface area contributed by atoms with Gasteiger partial charge in [0, 0.05) is 44.3 Å². The van der Waals surface area contributed by atoms with E-state index in [1.807, 2.05) is 0 Å². The number of aromatic nitrogens is 2. The van der Waals surface area contributed by atoms with Gasteiger partial charge in [-0.2, -0.15) is 0 Å². The average Bonchev–Trinajstić information content (AvgIpc) is 3.57. The van der Waals surface area contributed by atoms with E-state index in [1.54, 1.807) is 0 Å². The van der Waals surface area contributed by atoms with E-state index in [2.05, 4.69) is 172 Å². The van der Waals surface area contributed by atoms with Crippen molar-refractivity contribution >= 4 is 65.8 Å².